The summed E-state index contributed by atoms with van der Waals surface area (Å²) in [5, 5.41) is 3.33. The van der Waals surface area contributed by atoms with Gasteiger partial charge in [0.25, 0.3) is 0 Å². The molecular formula is C20H18F3N3O5S. The third kappa shape index (κ3) is 4.55. The van der Waals surface area contributed by atoms with E-state index in [1.54, 1.807) is 24.3 Å². The molecule has 170 valence electrons. The van der Waals surface area contributed by atoms with Crippen LogP contribution >= 0.6 is 0 Å². The van der Waals surface area contributed by atoms with Gasteiger partial charge >= 0.3 is 12.1 Å². The van der Waals surface area contributed by atoms with Gasteiger partial charge < -0.3 is 14.0 Å². The van der Waals surface area contributed by atoms with Crippen LogP contribution in [0.3, 0.4) is 0 Å². The summed E-state index contributed by atoms with van der Waals surface area (Å²) in [5.74, 6) is -0.606. The van der Waals surface area contributed by atoms with Crippen molar-refractivity contribution in [3.8, 4) is 22.9 Å². The number of halogens is 3. The second kappa shape index (κ2) is 8.43. The summed E-state index contributed by atoms with van der Waals surface area (Å²) in [7, 11) is -2.16. The topological polar surface area (TPSA) is 94.8 Å². The van der Waals surface area contributed by atoms with E-state index in [0.29, 0.717) is 30.0 Å². The quantitative estimate of drug-likeness (QED) is 0.544. The van der Waals surface area contributed by atoms with E-state index in [-0.39, 0.29) is 23.4 Å². The minimum Gasteiger partial charge on any atom is -0.497 e. The van der Waals surface area contributed by atoms with E-state index in [1.165, 1.54) is 35.7 Å². The zero-order chi connectivity index (χ0) is 22.9. The Morgan fingerprint density at radius 2 is 1.72 bits per heavy atom. The highest BCUT2D eigenvalue weighted by Gasteiger charge is 2.38. The first-order valence-corrected chi connectivity index (χ1v) is 10.9. The minimum absolute atomic E-state index is 0.168. The van der Waals surface area contributed by atoms with Gasteiger partial charge in [0.05, 0.1) is 18.6 Å². The molecule has 0 bridgehead atoms. The molecule has 1 fully saturated rings. The van der Waals surface area contributed by atoms with Crippen LogP contribution in [0.2, 0.25) is 0 Å². The van der Waals surface area contributed by atoms with Crippen molar-refractivity contribution < 1.29 is 35.6 Å². The molecule has 1 saturated heterocycles. The highest BCUT2D eigenvalue weighted by molar-refractivity contribution is 7.89. The molecule has 12 heteroatoms. The van der Waals surface area contributed by atoms with Gasteiger partial charge in [0.2, 0.25) is 15.8 Å². The van der Waals surface area contributed by atoms with Crippen LogP contribution in [0.4, 0.5) is 13.2 Å². The maximum absolute atomic E-state index is 12.8. The standard InChI is InChI=1S/C20H18F3N3O5S/c1-29-14-6-8-17(9-7-14)32(27,28)26-11-10-16(12-26)30-15-4-2-13(3-5-15)18-24-19(31-25-18)20(21,22)23/h2-9,16H,10-12H2,1H3. The Kier molecular flexibility index (Phi) is 5.82. The van der Waals surface area contributed by atoms with Crippen LogP contribution in [0.15, 0.2) is 57.9 Å². The summed E-state index contributed by atoms with van der Waals surface area (Å²) < 4.78 is 79.9. The van der Waals surface area contributed by atoms with Crippen molar-refractivity contribution in [2.75, 3.05) is 20.2 Å². The number of sulfonamides is 1. The molecule has 1 aromatic heterocycles. The maximum Gasteiger partial charge on any atom is 0.471 e. The summed E-state index contributed by atoms with van der Waals surface area (Å²) in [6, 6.07) is 12.3. The van der Waals surface area contributed by atoms with Gasteiger partial charge in [-0.1, -0.05) is 5.16 Å². The van der Waals surface area contributed by atoms with Gasteiger partial charge in [-0.3, -0.25) is 0 Å². The molecule has 2 heterocycles. The lowest BCUT2D eigenvalue weighted by Crippen LogP contribution is -2.31. The first-order chi connectivity index (χ1) is 15.2. The maximum atomic E-state index is 12.8. The highest BCUT2D eigenvalue weighted by atomic mass is 32.2. The molecule has 32 heavy (non-hydrogen) atoms. The van der Waals surface area contributed by atoms with Gasteiger partial charge in [0, 0.05) is 12.1 Å². The van der Waals surface area contributed by atoms with E-state index in [1.807, 2.05) is 0 Å². The predicted octanol–water partition coefficient (Wildman–Crippen LogP) is 3.61. The molecule has 0 N–H and O–H groups in total. The largest absolute Gasteiger partial charge is 0.497 e. The van der Waals surface area contributed by atoms with Crippen molar-refractivity contribution in [2.24, 2.45) is 0 Å². The number of alkyl halides is 3. The molecule has 1 atom stereocenters. The lowest BCUT2D eigenvalue weighted by molar-refractivity contribution is -0.159. The van der Waals surface area contributed by atoms with E-state index in [4.69, 9.17) is 9.47 Å². The van der Waals surface area contributed by atoms with E-state index < -0.39 is 22.1 Å². The molecule has 0 amide bonds. The third-order valence-electron chi connectivity index (χ3n) is 4.89. The summed E-state index contributed by atoms with van der Waals surface area (Å²) in [4.78, 5) is 3.50. The van der Waals surface area contributed by atoms with Crippen LogP contribution in [0.5, 0.6) is 11.5 Å². The molecule has 2 aromatic carbocycles. The summed E-state index contributed by atoms with van der Waals surface area (Å²) in [5.41, 5.74) is 0.326. The fraction of sp³-hybridized carbons (Fsp3) is 0.300. The number of nitrogens with zero attached hydrogens (tertiary/aromatic N) is 3. The van der Waals surface area contributed by atoms with Crippen molar-refractivity contribution in [3.63, 3.8) is 0 Å². The molecule has 8 nitrogen and oxygen atoms in total. The molecule has 0 spiro atoms. The monoisotopic (exact) mass is 469 g/mol. The summed E-state index contributed by atoms with van der Waals surface area (Å²) >= 11 is 0. The average molecular weight is 469 g/mol. The Morgan fingerprint density at radius 3 is 2.31 bits per heavy atom. The van der Waals surface area contributed by atoms with Crippen LogP contribution in [-0.4, -0.2) is 49.2 Å². The first-order valence-electron chi connectivity index (χ1n) is 9.49. The van der Waals surface area contributed by atoms with Crippen LogP contribution in [0.25, 0.3) is 11.4 Å². The van der Waals surface area contributed by atoms with Crippen LogP contribution < -0.4 is 9.47 Å². The zero-order valence-electron chi connectivity index (χ0n) is 16.7. The van der Waals surface area contributed by atoms with E-state index in [0.717, 1.165) is 0 Å². The zero-order valence-corrected chi connectivity index (χ0v) is 17.6. The average Bonchev–Trinajstić information content (AvgIpc) is 3.45. The third-order valence-corrected chi connectivity index (χ3v) is 6.77. The lowest BCUT2D eigenvalue weighted by Gasteiger charge is -2.17. The minimum atomic E-state index is -4.71. The fourth-order valence-corrected chi connectivity index (χ4v) is 4.73. The molecule has 1 unspecified atom stereocenters. The molecule has 1 aliphatic rings. The van der Waals surface area contributed by atoms with Gasteiger partial charge in [0.1, 0.15) is 17.6 Å². The first kappa shape index (κ1) is 22.1. The van der Waals surface area contributed by atoms with Gasteiger partial charge in [-0.15, -0.1) is 0 Å². The second-order valence-electron chi connectivity index (χ2n) is 7.01. The summed E-state index contributed by atoms with van der Waals surface area (Å²) in [6.45, 7) is 0.482. The van der Waals surface area contributed by atoms with Crippen molar-refractivity contribution in [1.29, 1.82) is 0 Å². The van der Waals surface area contributed by atoms with E-state index in [2.05, 4.69) is 14.7 Å². The van der Waals surface area contributed by atoms with Gasteiger partial charge in [-0.25, -0.2) is 8.42 Å². The Bertz CT molecular complexity index is 1180. The number of methoxy groups -OCH3 is 1. The Hall–Kier alpha value is -3.12. The lowest BCUT2D eigenvalue weighted by atomic mass is 10.2. The molecule has 3 aromatic rings. The Labute approximate surface area is 181 Å². The van der Waals surface area contributed by atoms with E-state index >= 15 is 0 Å². The molecule has 0 saturated carbocycles. The van der Waals surface area contributed by atoms with Gasteiger partial charge in [0.15, 0.2) is 0 Å². The molecule has 0 aliphatic carbocycles. The molecule has 0 radical (unpaired) electrons. The second-order valence-corrected chi connectivity index (χ2v) is 8.95. The van der Waals surface area contributed by atoms with Crippen LogP contribution in [0.1, 0.15) is 12.3 Å². The Morgan fingerprint density at radius 1 is 1.06 bits per heavy atom. The molecule has 4 rings (SSSR count). The number of rotatable bonds is 6. The number of hydrogen-bond donors (Lipinski definition) is 0. The smallest absolute Gasteiger partial charge is 0.471 e. The van der Waals surface area contributed by atoms with Crippen molar-refractivity contribution in [3.05, 3.63) is 54.4 Å². The van der Waals surface area contributed by atoms with Crippen molar-refractivity contribution in [2.45, 2.75) is 23.6 Å². The summed E-state index contributed by atoms with van der Waals surface area (Å²) in [6.07, 6.45) is -4.58. The predicted molar refractivity (Wildman–Crippen MR) is 106 cm³/mol. The number of ether oxygens (including phenoxy) is 2. The van der Waals surface area contributed by atoms with Gasteiger partial charge in [-0.05, 0) is 55.0 Å². The fourth-order valence-electron chi connectivity index (χ4n) is 3.24. The number of aromatic nitrogens is 2. The SMILES string of the molecule is COc1ccc(S(=O)(=O)N2CCC(Oc3ccc(-c4noc(C(F)(F)F)n4)cc3)C2)cc1. The molecular weight excluding hydrogens is 451 g/mol. The van der Waals surface area contributed by atoms with Crippen LogP contribution in [0, 0.1) is 0 Å². The van der Waals surface area contributed by atoms with Crippen molar-refractivity contribution >= 4 is 10.0 Å². The van der Waals surface area contributed by atoms with Crippen LogP contribution in [-0.2, 0) is 16.2 Å². The van der Waals surface area contributed by atoms with Crippen molar-refractivity contribution in [1.82, 2.24) is 14.4 Å². The number of benzene rings is 2. The highest BCUT2D eigenvalue weighted by Crippen LogP contribution is 2.30. The Balaban J connectivity index is 1.39. The van der Waals surface area contributed by atoms with Gasteiger partial charge in [-0.2, -0.15) is 22.5 Å². The normalized spacial score (nSPS) is 17.4. The number of hydrogen-bond acceptors (Lipinski definition) is 7. The molecule has 1 aliphatic heterocycles. The van der Waals surface area contributed by atoms with E-state index in [9.17, 15) is 21.6 Å².